The van der Waals surface area contributed by atoms with Gasteiger partial charge in [0.25, 0.3) is 5.91 Å². The van der Waals surface area contributed by atoms with Gasteiger partial charge >= 0.3 is 0 Å². The van der Waals surface area contributed by atoms with Crippen LogP contribution in [0.3, 0.4) is 0 Å². The van der Waals surface area contributed by atoms with Gasteiger partial charge in [0.2, 0.25) is 0 Å². The van der Waals surface area contributed by atoms with E-state index in [0.717, 1.165) is 52.0 Å². The highest BCUT2D eigenvalue weighted by atomic mass is 16.5. The van der Waals surface area contributed by atoms with E-state index < -0.39 is 5.72 Å². The van der Waals surface area contributed by atoms with Crippen LogP contribution in [0, 0.1) is 19.8 Å². The van der Waals surface area contributed by atoms with Crippen molar-refractivity contribution in [2.24, 2.45) is 0 Å². The summed E-state index contributed by atoms with van der Waals surface area (Å²) in [5.74, 6) is -0.0197. The van der Waals surface area contributed by atoms with Gasteiger partial charge in [0, 0.05) is 29.7 Å². The number of terminal acetylenes is 1. The molecule has 3 heterocycles. The summed E-state index contributed by atoms with van der Waals surface area (Å²) >= 11 is 0. The van der Waals surface area contributed by atoms with Crippen LogP contribution in [0.1, 0.15) is 59.9 Å². The Morgan fingerprint density at radius 3 is 2.66 bits per heavy atom. The molecule has 0 saturated carbocycles. The lowest BCUT2D eigenvalue weighted by atomic mass is 9.94. The van der Waals surface area contributed by atoms with Gasteiger partial charge in [-0.05, 0) is 74.1 Å². The van der Waals surface area contributed by atoms with Crippen molar-refractivity contribution < 1.29 is 9.53 Å². The molecule has 0 unspecified atom stereocenters. The van der Waals surface area contributed by atoms with Gasteiger partial charge in [-0.3, -0.25) is 4.79 Å². The molecule has 2 aliphatic heterocycles. The van der Waals surface area contributed by atoms with Gasteiger partial charge in [-0.2, -0.15) is 0 Å². The van der Waals surface area contributed by atoms with Crippen LogP contribution in [0.15, 0.2) is 54.8 Å². The molecule has 2 aromatic rings. The number of amides is 1. The first-order valence-corrected chi connectivity index (χ1v) is 12.0. The molecule has 0 spiro atoms. The number of benzene rings is 1. The molecule has 1 amide bonds. The molecule has 3 aliphatic rings. The summed E-state index contributed by atoms with van der Waals surface area (Å²) in [6.45, 7) is 9.01. The number of ether oxygens (including phenoxy) is 1. The first-order valence-electron chi connectivity index (χ1n) is 12.0. The summed E-state index contributed by atoms with van der Waals surface area (Å²) in [5.41, 5.74) is 7.54. The lowest BCUT2D eigenvalue weighted by Gasteiger charge is -2.36. The summed E-state index contributed by atoms with van der Waals surface area (Å²) in [7, 11) is 0. The SMILES string of the molecule is C#C.CC[C@@H]1Nc2ccccc2-c2ccn(c3c(c(C)c4c2C(=O)NC4)CC=CC=C3)C(C)(C)O1. The third-order valence-corrected chi connectivity index (χ3v) is 6.83. The molecule has 35 heavy (non-hydrogen) atoms. The van der Waals surface area contributed by atoms with Gasteiger partial charge in [-0.15, -0.1) is 12.8 Å². The van der Waals surface area contributed by atoms with Gasteiger partial charge in [0.05, 0.1) is 5.56 Å². The number of rotatable bonds is 1. The minimum atomic E-state index is -0.631. The highest BCUT2D eigenvalue weighted by Gasteiger charge is 2.31. The fraction of sp³-hybridized carbons (Fsp3) is 0.300. The number of anilines is 1. The van der Waals surface area contributed by atoms with E-state index in [1.807, 2.05) is 12.1 Å². The number of fused-ring (bicyclic) bond motifs is 9. The first-order chi connectivity index (χ1) is 16.9. The molecule has 5 rings (SSSR count). The van der Waals surface area contributed by atoms with Crippen molar-refractivity contribution in [3.05, 3.63) is 82.7 Å². The Hall–Kier alpha value is -3.75. The standard InChI is InChI=1S/C28H31N3O2.C2H2/c1-5-25-30-23-13-10-9-12-20(23)21-15-16-31(28(3,4)33-25)24-14-8-6-7-11-19(24)18(2)22-17-29-27(32)26(21)22;1-2/h6-10,12-16,25,30H,5,11,17H2,1-4H3,(H,29,32);1-2H/t25-;/m1./s1. The molecule has 2 bridgehead atoms. The second-order valence-electron chi connectivity index (χ2n) is 9.27. The number of hydrogen-bond donors (Lipinski definition) is 2. The van der Waals surface area contributed by atoms with Crippen LogP contribution in [-0.4, -0.2) is 16.7 Å². The molecule has 5 heteroatoms. The van der Waals surface area contributed by atoms with Gasteiger partial charge < -0.3 is 19.9 Å². The van der Waals surface area contributed by atoms with E-state index in [1.54, 1.807) is 0 Å². The Balaban J connectivity index is 0.00000141. The Kier molecular flexibility index (Phi) is 6.86. The van der Waals surface area contributed by atoms with E-state index in [1.165, 1.54) is 5.56 Å². The third-order valence-electron chi connectivity index (χ3n) is 6.83. The number of hydrogen-bond acceptors (Lipinski definition) is 3. The normalized spacial score (nSPS) is 18.5. The number of nitrogens with zero attached hydrogens (tertiary/aromatic N) is 1. The average Bonchev–Trinajstić information content (AvgIpc) is 3.09. The molecule has 1 aromatic heterocycles. The molecule has 0 radical (unpaired) electrons. The zero-order chi connectivity index (χ0) is 25.2. The molecule has 5 nitrogen and oxygen atoms in total. The van der Waals surface area contributed by atoms with E-state index in [0.29, 0.717) is 6.54 Å². The predicted molar refractivity (Wildman–Crippen MR) is 143 cm³/mol. The van der Waals surface area contributed by atoms with Crippen LogP contribution in [0.5, 0.6) is 0 Å². The van der Waals surface area contributed by atoms with Crippen LogP contribution in [0.2, 0.25) is 0 Å². The Bertz CT molecular complexity index is 1290. The number of aromatic nitrogens is 1. The van der Waals surface area contributed by atoms with Crippen molar-refractivity contribution >= 4 is 17.7 Å². The summed E-state index contributed by atoms with van der Waals surface area (Å²) in [4.78, 5) is 13.2. The summed E-state index contributed by atoms with van der Waals surface area (Å²) < 4.78 is 8.91. The molecule has 0 saturated heterocycles. The number of nitrogens with one attached hydrogen (secondary N) is 2. The first kappa shape index (κ1) is 24.4. The van der Waals surface area contributed by atoms with Gasteiger partial charge in [-0.25, -0.2) is 0 Å². The van der Waals surface area contributed by atoms with Crippen molar-refractivity contribution in [3.8, 4) is 24.0 Å². The number of carbonyl (C=O) groups is 1. The minimum absolute atomic E-state index is 0.0197. The molecular formula is C30H33N3O2. The summed E-state index contributed by atoms with van der Waals surface area (Å²) in [6.07, 6.45) is 20.0. The fourth-order valence-corrected chi connectivity index (χ4v) is 5.10. The number of para-hydroxylation sites is 1. The largest absolute Gasteiger partial charge is 0.360 e. The zero-order valence-corrected chi connectivity index (χ0v) is 20.9. The third kappa shape index (κ3) is 4.38. The molecule has 180 valence electrons. The lowest BCUT2D eigenvalue weighted by Crippen LogP contribution is -2.38. The van der Waals surface area contributed by atoms with Crippen molar-refractivity contribution in [3.63, 3.8) is 0 Å². The van der Waals surface area contributed by atoms with Crippen molar-refractivity contribution in [1.82, 2.24) is 9.88 Å². The molecule has 0 fully saturated rings. The highest BCUT2D eigenvalue weighted by molar-refractivity contribution is 6.05. The molecule has 1 aromatic carbocycles. The van der Waals surface area contributed by atoms with E-state index in [-0.39, 0.29) is 12.1 Å². The van der Waals surface area contributed by atoms with Crippen LogP contribution in [-0.2, 0) is 23.4 Å². The van der Waals surface area contributed by atoms with E-state index in [9.17, 15) is 4.79 Å². The molecule has 1 atom stereocenters. The van der Waals surface area contributed by atoms with Crippen molar-refractivity contribution in [2.45, 2.75) is 59.0 Å². The minimum Gasteiger partial charge on any atom is -0.360 e. The Labute approximate surface area is 208 Å². The molecular weight excluding hydrogens is 434 g/mol. The highest BCUT2D eigenvalue weighted by Crippen LogP contribution is 2.38. The van der Waals surface area contributed by atoms with E-state index in [2.05, 4.69) is 104 Å². The lowest BCUT2D eigenvalue weighted by molar-refractivity contribution is -0.115. The van der Waals surface area contributed by atoms with Crippen molar-refractivity contribution in [1.29, 1.82) is 0 Å². The van der Waals surface area contributed by atoms with Crippen molar-refractivity contribution in [2.75, 3.05) is 5.32 Å². The van der Waals surface area contributed by atoms with Crippen LogP contribution in [0.4, 0.5) is 5.69 Å². The summed E-state index contributed by atoms with van der Waals surface area (Å²) in [5, 5.41) is 6.69. The smallest absolute Gasteiger partial charge is 0.252 e. The molecule has 2 N–H and O–H groups in total. The predicted octanol–water partition coefficient (Wildman–Crippen LogP) is 6.08. The fourth-order valence-electron chi connectivity index (χ4n) is 5.10. The van der Waals surface area contributed by atoms with E-state index in [4.69, 9.17) is 4.74 Å². The second kappa shape index (κ2) is 9.85. The maximum Gasteiger partial charge on any atom is 0.252 e. The van der Waals surface area contributed by atoms with Gasteiger partial charge in [0.1, 0.15) is 12.0 Å². The second-order valence-corrected chi connectivity index (χ2v) is 9.27. The summed E-state index contributed by atoms with van der Waals surface area (Å²) in [6, 6.07) is 10.3. The van der Waals surface area contributed by atoms with E-state index >= 15 is 0 Å². The zero-order valence-electron chi connectivity index (χ0n) is 20.9. The molecule has 1 aliphatic carbocycles. The van der Waals surface area contributed by atoms with Gasteiger partial charge in [0.15, 0.2) is 0 Å². The number of carbonyl (C=O) groups excluding carboxylic acids is 1. The van der Waals surface area contributed by atoms with Gasteiger partial charge in [-0.1, -0.05) is 43.4 Å². The maximum atomic E-state index is 13.2. The van der Waals surface area contributed by atoms with Crippen LogP contribution in [0.25, 0.3) is 17.2 Å². The topological polar surface area (TPSA) is 55.3 Å². The number of allylic oxidation sites excluding steroid dienone is 3. The Morgan fingerprint density at radius 2 is 1.89 bits per heavy atom. The van der Waals surface area contributed by atoms with Crippen LogP contribution < -0.4 is 10.6 Å². The maximum absolute atomic E-state index is 13.2. The Morgan fingerprint density at radius 1 is 1.11 bits per heavy atom. The average molecular weight is 468 g/mol. The monoisotopic (exact) mass is 467 g/mol. The quantitative estimate of drug-likeness (QED) is 0.500. The van der Waals surface area contributed by atoms with Crippen LogP contribution >= 0.6 is 0 Å².